The third-order valence-electron chi connectivity index (χ3n) is 3.96. The Morgan fingerprint density at radius 1 is 1.11 bits per heavy atom. The molecule has 5 heteroatoms. The number of nitro groups is 1. The summed E-state index contributed by atoms with van der Waals surface area (Å²) in [4.78, 5) is 23.3. The molecule has 1 amide bonds. The highest BCUT2D eigenvalue weighted by atomic mass is 16.6. The first-order valence-corrected chi connectivity index (χ1v) is 9.05. The molecule has 0 fully saturated rings. The van der Waals surface area contributed by atoms with Gasteiger partial charge in [-0.1, -0.05) is 70.2 Å². The van der Waals surface area contributed by atoms with Crippen LogP contribution < -0.4 is 5.32 Å². The number of rotatable bonds is 6. The molecule has 0 bridgehead atoms. The van der Waals surface area contributed by atoms with Crippen LogP contribution >= 0.6 is 0 Å². The molecule has 1 N–H and O–H groups in total. The van der Waals surface area contributed by atoms with Gasteiger partial charge in [0.15, 0.2) is 0 Å². The van der Waals surface area contributed by atoms with Crippen LogP contribution in [0.15, 0.2) is 54.6 Å². The summed E-state index contributed by atoms with van der Waals surface area (Å²) in [6, 6.07) is 14.7. The van der Waals surface area contributed by atoms with Crippen LogP contribution in [-0.4, -0.2) is 10.8 Å². The smallest absolute Gasteiger partial charge is 0.293 e. The van der Waals surface area contributed by atoms with E-state index in [9.17, 15) is 14.9 Å². The molecule has 0 aliphatic rings. The van der Waals surface area contributed by atoms with Crippen molar-refractivity contribution < 1.29 is 9.72 Å². The van der Waals surface area contributed by atoms with Gasteiger partial charge < -0.3 is 5.32 Å². The number of carbonyl (C=O) groups is 1. The van der Waals surface area contributed by atoms with Crippen LogP contribution in [0.25, 0.3) is 5.57 Å². The number of hydrogen-bond donors (Lipinski definition) is 1. The van der Waals surface area contributed by atoms with Crippen molar-refractivity contribution in [2.24, 2.45) is 5.41 Å². The Kier molecular flexibility index (Phi) is 6.50. The van der Waals surface area contributed by atoms with Crippen LogP contribution in [0, 0.1) is 15.5 Å². The minimum atomic E-state index is -0.454. The zero-order chi connectivity index (χ0) is 20.0. The number of allylic oxidation sites excluding steroid dienone is 1. The quantitative estimate of drug-likeness (QED) is 0.518. The van der Waals surface area contributed by atoms with Gasteiger partial charge in [0.25, 0.3) is 5.69 Å². The molecule has 2 aromatic carbocycles. The molecule has 5 nitrogen and oxygen atoms in total. The maximum atomic E-state index is 12.2. The zero-order valence-corrected chi connectivity index (χ0v) is 16.3. The second kappa shape index (κ2) is 8.62. The molecule has 2 aromatic rings. The Morgan fingerprint density at radius 2 is 1.78 bits per heavy atom. The van der Waals surface area contributed by atoms with Gasteiger partial charge in [-0.25, -0.2) is 0 Å². The maximum Gasteiger partial charge on any atom is 0.293 e. The highest BCUT2D eigenvalue weighted by Crippen LogP contribution is 2.32. The van der Waals surface area contributed by atoms with Crippen molar-refractivity contribution in [1.29, 1.82) is 0 Å². The van der Waals surface area contributed by atoms with Crippen LogP contribution in [-0.2, 0) is 4.79 Å². The summed E-state index contributed by atoms with van der Waals surface area (Å²) in [5, 5.41) is 14.3. The molecule has 0 aliphatic carbocycles. The van der Waals surface area contributed by atoms with Gasteiger partial charge in [0.05, 0.1) is 4.92 Å². The Labute approximate surface area is 160 Å². The Hall–Kier alpha value is -2.95. The van der Waals surface area contributed by atoms with Crippen molar-refractivity contribution in [1.82, 2.24) is 0 Å². The molecular formula is C22H26N2O3. The maximum absolute atomic E-state index is 12.2. The molecule has 0 heterocycles. The van der Waals surface area contributed by atoms with E-state index in [1.807, 2.05) is 70.2 Å². The van der Waals surface area contributed by atoms with Crippen molar-refractivity contribution in [3.63, 3.8) is 0 Å². The van der Waals surface area contributed by atoms with Crippen molar-refractivity contribution in [2.75, 3.05) is 5.32 Å². The number of amides is 1. The predicted octanol–water partition coefficient (Wildman–Crippen LogP) is 5.81. The zero-order valence-electron chi connectivity index (χ0n) is 16.3. The minimum absolute atomic E-state index is 0.104. The van der Waals surface area contributed by atoms with Gasteiger partial charge in [-0.15, -0.1) is 0 Å². The molecule has 0 radical (unpaired) electrons. The van der Waals surface area contributed by atoms with E-state index in [-0.39, 0.29) is 29.1 Å². The average Bonchev–Trinajstić information content (AvgIpc) is 2.59. The van der Waals surface area contributed by atoms with E-state index < -0.39 is 4.92 Å². The molecule has 0 saturated carbocycles. The molecular weight excluding hydrogens is 340 g/mol. The van der Waals surface area contributed by atoms with Crippen molar-refractivity contribution in [3.8, 4) is 0 Å². The van der Waals surface area contributed by atoms with Gasteiger partial charge in [-0.05, 0) is 34.6 Å². The largest absolute Gasteiger partial charge is 0.320 e. The molecule has 27 heavy (non-hydrogen) atoms. The third kappa shape index (κ3) is 5.78. The van der Waals surface area contributed by atoms with Crippen LogP contribution in [0.4, 0.5) is 11.4 Å². The van der Waals surface area contributed by atoms with Crippen LogP contribution in [0.3, 0.4) is 0 Å². The number of anilines is 1. The lowest BCUT2D eigenvalue weighted by Crippen LogP contribution is -2.20. The van der Waals surface area contributed by atoms with Gasteiger partial charge in [0.1, 0.15) is 5.69 Å². The number of nitrogens with zero attached hydrogens (tertiary/aromatic N) is 1. The summed E-state index contributed by atoms with van der Waals surface area (Å²) < 4.78 is 0. The summed E-state index contributed by atoms with van der Waals surface area (Å²) in [6.07, 6.45) is 3.14. The third-order valence-corrected chi connectivity index (χ3v) is 3.96. The fourth-order valence-electron chi connectivity index (χ4n) is 2.86. The van der Waals surface area contributed by atoms with Gasteiger partial charge >= 0.3 is 0 Å². The van der Waals surface area contributed by atoms with E-state index in [2.05, 4.69) is 5.32 Å². The molecule has 0 aliphatic heterocycles. The van der Waals surface area contributed by atoms with Crippen molar-refractivity contribution in [2.45, 2.75) is 40.5 Å². The van der Waals surface area contributed by atoms with Gasteiger partial charge in [-0.3, -0.25) is 14.9 Å². The first-order chi connectivity index (χ1) is 12.7. The Morgan fingerprint density at radius 3 is 2.33 bits per heavy atom. The standard InChI is InChI=1S/C22H26N2O3/c1-5-9-18(16-10-7-6-8-11-16)17-12-13-19(20(14-17)24(26)27)23-21(25)15-22(2,3)4/h6-14H,5,15H2,1-4H3,(H,23,25)/b18-9-. The molecule has 0 unspecified atom stereocenters. The SMILES string of the molecule is CC/C=C(/c1ccccc1)c1ccc(NC(=O)CC(C)(C)C)c([N+](=O)[O-])c1. The average molecular weight is 366 g/mol. The number of nitro benzene ring substituents is 1. The Balaban J connectivity index is 2.41. The highest BCUT2D eigenvalue weighted by molar-refractivity contribution is 5.94. The van der Waals surface area contributed by atoms with Gasteiger partial charge in [0.2, 0.25) is 5.91 Å². The fourth-order valence-corrected chi connectivity index (χ4v) is 2.86. The fraction of sp³-hybridized carbons (Fsp3) is 0.318. The van der Waals surface area contributed by atoms with Crippen LogP contribution in [0.2, 0.25) is 0 Å². The lowest BCUT2D eigenvalue weighted by atomic mass is 9.92. The summed E-state index contributed by atoms with van der Waals surface area (Å²) >= 11 is 0. The second-order valence-corrected chi connectivity index (χ2v) is 7.67. The molecule has 2 rings (SSSR count). The number of hydrogen-bond acceptors (Lipinski definition) is 3. The normalized spacial score (nSPS) is 11.9. The van der Waals surface area contributed by atoms with Gasteiger partial charge in [-0.2, -0.15) is 0 Å². The second-order valence-electron chi connectivity index (χ2n) is 7.67. The topological polar surface area (TPSA) is 72.2 Å². The lowest BCUT2D eigenvalue weighted by Gasteiger charge is -2.17. The monoisotopic (exact) mass is 366 g/mol. The highest BCUT2D eigenvalue weighted by Gasteiger charge is 2.21. The van der Waals surface area contributed by atoms with E-state index in [0.29, 0.717) is 0 Å². The van der Waals surface area contributed by atoms with Crippen molar-refractivity contribution >= 4 is 22.9 Å². The number of benzene rings is 2. The first kappa shape index (κ1) is 20.4. The van der Waals surface area contributed by atoms with E-state index in [1.54, 1.807) is 6.07 Å². The van der Waals surface area contributed by atoms with Crippen LogP contribution in [0.5, 0.6) is 0 Å². The summed E-state index contributed by atoms with van der Waals surface area (Å²) in [6.45, 7) is 7.88. The van der Waals surface area contributed by atoms with E-state index >= 15 is 0 Å². The predicted molar refractivity (Wildman–Crippen MR) is 110 cm³/mol. The first-order valence-electron chi connectivity index (χ1n) is 9.05. The molecule has 0 atom stereocenters. The molecule has 0 aromatic heterocycles. The van der Waals surface area contributed by atoms with E-state index in [0.717, 1.165) is 23.1 Å². The number of carbonyl (C=O) groups excluding carboxylic acids is 1. The molecule has 142 valence electrons. The van der Waals surface area contributed by atoms with Crippen LogP contribution in [0.1, 0.15) is 51.7 Å². The van der Waals surface area contributed by atoms with E-state index in [4.69, 9.17) is 0 Å². The van der Waals surface area contributed by atoms with E-state index in [1.165, 1.54) is 6.07 Å². The summed E-state index contributed by atoms with van der Waals surface area (Å²) in [5.74, 6) is -0.231. The summed E-state index contributed by atoms with van der Waals surface area (Å²) in [5.41, 5.74) is 2.62. The Bertz CT molecular complexity index is 850. The molecule has 0 spiro atoms. The number of nitrogens with one attached hydrogen (secondary N) is 1. The molecule has 0 saturated heterocycles. The van der Waals surface area contributed by atoms with Gasteiger partial charge in [0, 0.05) is 12.5 Å². The lowest BCUT2D eigenvalue weighted by molar-refractivity contribution is -0.383. The van der Waals surface area contributed by atoms with Crippen molar-refractivity contribution in [3.05, 3.63) is 75.8 Å². The minimum Gasteiger partial charge on any atom is -0.320 e. The summed E-state index contributed by atoms with van der Waals surface area (Å²) in [7, 11) is 0.